The highest BCUT2D eigenvalue weighted by Crippen LogP contribution is 2.41. The van der Waals surface area contributed by atoms with Crippen LogP contribution in [0.4, 0.5) is 18.9 Å². The summed E-state index contributed by atoms with van der Waals surface area (Å²) in [4.78, 5) is -1.01. The van der Waals surface area contributed by atoms with Crippen LogP contribution < -0.4 is 10.9 Å². The van der Waals surface area contributed by atoms with Crippen molar-refractivity contribution in [1.82, 2.24) is 0 Å². The lowest BCUT2D eigenvalue weighted by Crippen LogP contribution is -2.20. The van der Waals surface area contributed by atoms with Crippen molar-refractivity contribution < 1.29 is 21.6 Å². The molecule has 1 rings (SSSR count). The molecule has 4 nitrogen and oxygen atoms in total. The molecule has 90 valence electrons. The lowest BCUT2D eigenvalue weighted by atomic mass is 10.2. The topological polar surface area (TPSA) is 86.2 Å². The van der Waals surface area contributed by atoms with Crippen LogP contribution in [0.1, 0.15) is 5.56 Å². The minimum atomic E-state index is -4.87. The first-order valence-corrected chi connectivity index (χ1v) is 6.07. The van der Waals surface area contributed by atoms with Gasteiger partial charge in [0.2, 0.25) is 10.0 Å². The predicted molar refractivity (Wildman–Crippen MR) is 54.9 cm³/mol. The summed E-state index contributed by atoms with van der Waals surface area (Å²) in [6, 6.07) is 1.75. The highest BCUT2D eigenvalue weighted by molar-refractivity contribution is 9.10. The number of benzene rings is 1. The Morgan fingerprint density at radius 3 is 2.12 bits per heavy atom. The standard InChI is InChI=1S/C7H6BrF3N2O2S/c8-6-3(12)1-2-4(16(13,14)15)5(6)7(9,10)11/h1-2H,12H2,(H2,13,14,15). The zero-order valence-corrected chi connectivity index (χ0v) is 9.95. The quantitative estimate of drug-likeness (QED) is 0.773. The normalized spacial score (nSPS) is 12.8. The maximum atomic E-state index is 12.6. The first-order chi connectivity index (χ1) is 7.05. The molecule has 0 unspecified atom stereocenters. The molecular weight excluding hydrogens is 313 g/mol. The highest BCUT2D eigenvalue weighted by atomic mass is 79.9. The molecule has 9 heteroatoms. The van der Waals surface area contributed by atoms with Gasteiger partial charge in [-0.2, -0.15) is 13.2 Å². The Balaban J connectivity index is 3.73. The second-order valence-electron chi connectivity index (χ2n) is 2.88. The third-order valence-corrected chi connectivity index (χ3v) is 3.53. The fourth-order valence-electron chi connectivity index (χ4n) is 1.08. The van der Waals surface area contributed by atoms with Crippen LogP contribution in [0.5, 0.6) is 0 Å². The van der Waals surface area contributed by atoms with E-state index < -0.39 is 31.1 Å². The van der Waals surface area contributed by atoms with E-state index in [1.807, 2.05) is 0 Å². The van der Waals surface area contributed by atoms with E-state index in [0.717, 1.165) is 12.1 Å². The molecule has 0 spiro atoms. The van der Waals surface area contributed by atoms with Gasteiger partial charge in [0.15, 0.2) is 0 Å². The third kappa shape index (κ3) is 2.47. The van der Waals surface area contributed by atoms with Crippen molar-refractivity contribution in [2.45, 2.75) is 11.1 Å². The summed E-state index contributed by atoms with van der Waals surface area (Å²) in [5, 5.41) is 4.68. The Bertz CT molecular complexity index is 527. The van der Waals surface area contributed by atoms with Gasteiger partial charge in [0.1, 0.15) is 0 Å². The van der Waals surface area contributed by atoms with Gasteiger partial charge < -0.3 is 5.73 Å². The molecule has 0 aliphatic carbocycles. The van der Waals surface area contributed by atoms with E-state index in [2.05, 4.69) is 21.1 Å². The lowest BCUT2D eigenvalue weighted by Gasteiger charge is -2.14. The Morgan fingerprint density at radius 1 is 1.25 bits per heavy atom. The number of rotatable bonds is 1. The number of nitrogen functional groups attached to an aromatic ring is 1. The van der Waals surface area contributed by atoms with Gasteiger partial charge in [-0.05, 0) is 28.1 Å². The third-order valence-electron chi connectivity index (χ3n) is 1.72. The average molecular weight is 319 g/mol. The Labute approximate surface area is 97.6 Å². The number of hydrogen-bond donors (Lipinski definition) is 2. The molecule has 0 saturated carbocycles. The van der Waals surface area contributed by atoms with Crippen molar-refractivity contribution in [1.29, 1.82) is 0 Å². The summed E-state index contributed by atoms with van der Waals surface area (Å²) in [5.74, 6) is 0. The predicted octanol–water partition coefficient (Wildman–Crippen LogP) is 1.70. The van der Waals surface area contributed by atoms with Gasteiger partial charge in [-0.25, -0.2) is 13.6 Å². The average Bonchev–Trinajstić information content (AvgIpc) is 2.05. The lowest BCUT2D eigenvalue weighted by molar-refractivity contribution is -0.140. The number of primary sulfonamides is 1. The first-order valence-electron chi connectivity index (χ1n) is 3.73. The molecule has 0 amide bonds. The minimum absolute atomic E-state index is 0.222. The molecule has 0 bridgehead atoms. The second kappa shape index (κ2) is 3.90. The van der Waals surface area contributed by atoms with E-state index in [9.17, 15) is 21.6 Å². The van der Waals surface area contributed by atoms with Crippen LogP contribution in [0.2, 0.25) is 0 Å². The first kappa shape index (κ1) is 13.3. The number of sulfonamides is 1. The van der Waals surface area contributed by atoms with E-state index in [1.54, 1.807) is 0 Å². The van der Waals surface area contributed by atoms with Crippen LogP contribution in [0.15, 0.2) is 21.5 Å². The Morgan fingerprint density at radius 2 is 1.75 bits per heavy atom. The SMILES string of the molecule is Nc1ccc(S(N)(=O)=O)c(C(F)(F)F)c1Br. The van der Waals surface area contributed by atoms with Crippen molar-refractivity contribution in [3.05, 3.63) is 22.2 Å². The molecule has 0 aromatic heterocycles. The number of hydrogen-bond acceptors (Lipinski definition) is 3. The molecule has 1 aromatic carbocycles. The van der Waals surface area contributed by atoms with E-state index in [-0.39, 0.29) is 5.69 Å². The van der Waals surface area contributed by atoms with Gasteiger partial charge in [-0.15, -0.1) is 0 Å². The monoisotopic (exact) mass is 318 g/mol. The Hall–Kier alpha value is -0.800. The number of alkyl halides is 3. The molecule has 0 aliphatic rings. The highest BCUT2D eigenvalue weighted by Gasteiger charge is 2.39. The van der Waals surface area contributed by atoms with Gasteiger partial charge in [-0.1, -0.05) is 0 Å². The molecule has 0 saturated heterocycles. The van der Waals surface area contributed by atoms with Gasteiger partial charge >= 0.3 is 6.18 Å². The fourth-order valence-corrected chi connectivity index (χ4v) is 2.54. The van der Waals surface area contributed by atoms with Crippen LogP contribution >= 0.6 is 15.9 Å². The zero-order chi connectivity index (χ0) is 12.7. The summed E-state index contributed by atoms with van der Waals surface area (Å²) in [6.45, 7) is 0. The molecule has 16 heavy (non-hydrogen) atoms. The van der Waals surface area contributed by atoms with Crippen LogP contribution in [0.25, 0.3) is 0 Å². The van der Waals surface area contributed by atoms with Gasteiger partial charge in [0.05, 0.1) is 14.9 Å². The summed E-state index contributed by atoms with van der Waals surface area (Å²) in [7, 11) is -4.46. The second-order valence-corrected chi connectivity index (χ2v) is 5.21. The number of nitrogens with two attached hydrogens (primary N) is 2. The number of halogens is 4. The minimum Gasteiger partial charge on any atom is -0.398 e. The van der Waals surface area contributed by atoms with Crippen LogP contribution in [0, 0.1) is 0 Å². The fraction of sp³-hybridized carbons (Fsp3) is 0.143. The van der Waals surface area contributed by atoms with Crippen molar-refractivity contribution >= 4 is 31.6 Å². The van der Waals surface area contributed by atoms with E-state index in [1.165, 1.54) is 0 Å². The van der Waals surface area contributed by atoms with E-state index >= 15 is 0 Å². The van der Waals surface area contributed by atoms with E-state index in [0.29, 0.717) is 0 Å². The maximum absolute atomic E-state index is 12.6. The van der Waals surface area contributed by atoms with Gasteiger partial charge in [0, 0.05) is 5.69 Å². The molecular formula is C7H6BrF3N2O2S. The summed E-state index contributed by atoms with van der Waals surface area (Å²) >= 11 is 2.59. The molecule has 0 fully saturated rings. The molecule has 0 radical (unpaired) electrons. The Kier molecular flexibility index (Phi) is 3.23. The smallest absolute Gasteiger partial charge is 0.398 e. The molecule has 0 atom stereocenters. The largest absolute Gasteiger partial charge is 0.418 e. The maximum Gasteiger partial charge on any atom is 0.418 e. The van der Waals surface area contributed by atoms with Gasteiger partial charge in [-0.3, -0.25) is 0 Å². The van der Waals surface area contributed by atoms with Crippen molar-refractivity contribution in [2.24, 2.45) is 5.14 Å². The van der Waals surface area contributed by atoms with E-state index in [4.69, 9.17) is 5.73 Å². The van der Waals surface area contributed by atoms with Crippen molar-refractivity contribution in [2.75, 3.05) is 5.73 Å². The molecule has 4 N–H and O–H groups in total. The van der Waals surface area contributed by atoms with Crippen molar-refractivity contribution in [3.8, 4) is 0 Å². The molecule has 0 heterocycles. The van der Waals surface area contributed by atoms with Crippen molar-refractivity contribution in [3.63, 3.8) is 0 Å². The number of anilines is 1. The van der Waals surface area contributed by atoms with Crippen LogP contribution in [0.3, 0.4) is 0 Å². The summed E-state index contributed by atoms with van der Waals surface area (Å²) < 4.78 is 59.3. The van der Waals surface area contributed by atoms with Crippen LogP contribution in [-0.2, 0) is 16.2 Å². The molecule has 0 aliphatic heterocycles. The molecule has 1 aromatic rings. The van der Waals surface area contributed by atoms with Gasteiger partial charge in [0.25, 0.3) is 0 Å². The summed E-state index contributed by atoms with van der Waals surface area (Å²) in [5.41, 5.74) is 3.63. The summed E-state index contributed by atoms with van der Waals surface area (Å²) in [6.07, 6.45) is -4.87. The zero-order valence-electron chi connectivity index (χ0n) is 7.55. The van der Waals surface area contributed by atoms with Crippen LogP contribution in [-0.4, -0.2) is 8.42 Å².